The van der Waals surface area contributed by atoms with Gasteiger partial charge in [0, 0.05) is 18.0 Å². The van der Waals surface area contributed by atoms with Crippen molar-refractivity contribution >= 4 is 18.0 Å². The number of aromatic nitrogens is 3. The number of hydrogen-bond acceptors (Lipinski definition) is 2. The van der Waals surface area contributed by atoms with E-state index in [-0.39, 0.29) is 5.82 Å². The Morgan fingerprint density at radius 3 is 2.44 bits per heavy atom. The minimum absolute atomic E-state index is 0.258. The van der Waals surface area contributed by atoms with Crippen LogP contribution in [-0.2, 0) is 0 Å². The number of rotatable bonds is 2. The summed E-state index contributed by atoms with van der Waals surface area (Å²) in [6, 6.07) is 12.6. The maximum Gasteiger partial charge on any atom is 0.212 e. The van der Waals surface area contributed by atoms with Crippen LogP contribution in [0.5, 0.6) is 0 Å². The first-order chi connectivity index (χ1) is 12.0. The van der Waals surface area contributed by atoms with Crippen LogP contribution in [0.2, 0.25) is 0 Å². The largest absolute Gasteiger partial charge is 0.323 e. The first-order valence-corrected chi connectivity index (χ1v) is 8.38. The van der Waals surface area contributed by atoms with Gasteiger partial charge in [0.2, 0.25) is 5.78 Å². The molecule has 4 rings (SSSR count). The highest BCUT2D eigenvalue weighted by Gasteiger charge is 2.09. The van der Waals surface area contributed by atoms with Crippen molar-refractivity contribution in [2.45, 2.75) is 13.8 Å². The van der Waals surface area contributed by atoms with E-state index in [9.17, 15) is 4.39 Å². The van der Waals surface area contributed by atoms with E-state index < -0.39 is 0 Å². The summed E-state index contributed by atoms with van der Waals surface area (Å²) in [7, 11) is 0. The number of H-pyrrole nitrogens is 1. The molecule has 2 aromatic heterocycles. The third kappa shape index (κ3) is 2.76. The van der Waals surface area contributed by atoms with Gasteiger partial charge in [0.15, 0.2) is 0 Å². The van der Waals surface area contributed by atoms with E-state index in [4.69, 9.17) is 12.2 Å². The molecule has 0 aliphatic heterocycles. The molecule has 124 valence electrons. The molecule has 0 saturated heterocycles. The Morgan fingerprint density at radius 1 is 1.00 bits per heavy atom. The Labute approximate surface area is 149 Å². The van der Waals surface area contributed by atoms with Crippen LogP contribution in [0.25, 0.3) is 28.2 Å². The summed E-state index contributed by atoms with van der Waals surface area (Å²) in [4.78, 5) is 7.73. The second-order valence-corrected chi connectivity index (χ2v) is 6.53. The average molecular weight is 349 g/mol. The van der Waals surface area contributed by atoms with Crippen LogP contribution >= 0.6 is 12.2 Å². The van der Waals surface area contributed by atoms with E-state index >= 15 is 0 Å². The maximum absolute atomic E-state index is 13.1. The molecule has 0 aliphatic rings. The molecule has 0 fully saturated rings. The Morgan fingerprint density at radius 2 is 1.72 bits per heavy atom. The summed E-state index contributed by atoms with van der Waals surface area (Å²) in [5.74, 6) is 0.406. The molecule has 2 aromatic carbocycles. The van der Waals surface area contributed by atoms with Gasteiger partial charge in [0.25, 0.3) is 0 Å². The molecule has 0 bridgehead atoms. The van der Waals surface area contributed by atoms with Crippen molar-refractivity contribution in [1.82, 2.24) is 14.4 Å². The van der Waals surface area contributed by atoms with Gasteiger partial charge in [-0.1, -0.05) is 30.4 Å². The van der Waals surface area contributed by atoms with E-state index in [0.29, 0.717) is 10.4 Å². The van der Waals surface area contributed by atoms with Crippen LogP contribution in [0.15, 0.2) is 54.9 Å². The molecule has 0 unspecified atom stereocenters. The molecular formula is C20H16FN3S. The molecule has 0 radical (unpaired) electrons. The molecule has 0 aliphatic carbocycles. The van der Waals surface area contributed by atoms with E-state index in [1.807, 2.05) is 10.6 Å². The molecule has 2 heterocycles. The molecule has 5 heteroatoms. The Kier molecular flexibility index (Phi) is 3.73. The lowest BCUT2D eigenvalue weighted by Gasteiger charge is -2.06. The molecular weight excluding hydrogens is 333 g/mol. The van der Waals surface area contributed by atoms with Crippen LogP contribution in [0.1, 0.15) is 11.1 Å². The second kappa shape index (κ2) is 5.93. The highest BCUT2D eigenvalue weighted by atomic mass is 32.1. The van der Waals surface area contributed by atoms with E-state index in [1.165, 1.54) is 23.3 Å². The summed E-state index contributed by atoms with van der Waals surface area (Å²) < 4.78 is 15.7. The summed E-state index contributed by atoms with van der Waals surface area (Å²) in [6.45, 7) is 4.18. The SMILES string of the molecule is Cc1ccc(-c2cnc3[nH]c(-c4ccc(F)cc4)cn3c2=S)cc1C. The minimum Gasteiger partial charge on any atom is -0.323 e. The lowest BCUT2D eigenvalue weighted by Crippen LogP contribution is -1.93. The summed E-state index contributed by atoms with van der Waals surface area (Å²) >= 11 is 5.68. The molecule has 0 saturated carbocycles. The van der Waals surface area contributed by atoms with Gasteiger partial charge in [-0.05, 0) is 60.4 Å². The summed E-state index contributed by atoms with van der Waals surface area (Å²) in [6.07, 6.45) is 3.70. The quantitative estimate of drug-likeness (QED) is 0.486. The number of nitrogens with zero attached hydrogens (tertiary/aromatic N) is 2. The molecule has 1 N–H and O–H groups in total. The summed E-state index contributed by atoms with van der Waals surface area (Å²) in [5, 5.41) is 0. The predicted octanol–water partition coefficient (Wildman–Crippen LogP) is 5.48. The van der Waals surface area contributed by atoms with Gasteiger partial charge >= 0.3 is 0 Å². The van der Waals surface area contributed by atoms with Gasteiger partial charge in [-0.25, -0.2) is 9.37 Å². The number of hydrogen-bond donors (Lipinski definition) is 1. The van der Waals surface area contributed by atoms with E-state index in [1.54, 1.807) is 18.3 Å². The van der Waals surface area contributed by atoms with Gasteiger partial charge in [0.05, 0.1) is 5.69 Å². The zero-order valence-electron chi connectivity index (χ0n) is 13.9. The molecule has 0 amide bonds. The van der Waals surface area contributed by atoms with Crippen LogP contribution in [0.4, 0.5) is 4.39 Å². The lowest BCUT2D eigenvalue weighted by atomic mass is 10.0. The van der Waals surface area contributed by atoms with Crippen molar-refractivity contribution in [3.8, 4) is 22.4 Å². The van der Waals surface area contributed by atoms with Gasteiger partial charge in [-0.3, -0.25) is 4.40 Å². The second-order valence-electron chi connectivity index (χ2n) is 6.14. The summed E-state index contributed by atoms with van der Waals surface area (Å²) in [5.41, 5.74) is 6.17. The first-order valence-electron chi connectivity index (χ1n) is 7.97. The fourth-order valence-corrected chi connectivity index (χ4v) is 3.16. The van der Waals surface area contributed by atoms with Crippen LogP contribution in [-0.4, -0.2) is 14.4 Å². The number of benzene rings is 2. The minimum atomic E-state index is -0.258. The maximum atomic E-state index is 13.1. The highest BCUT2D eigenvalue weighted by Crippen LogP contribution is 2.25. The normalized spacial score (nSPS) is 11.2. The van der Waals surface area contributed by atoms with Crippen molar-refractivity contribution in [3.05, 3.63) is 76.4 Å². The predicted molar refractivity (Wildman–Crippen MR) is 101 cm³/mol. The van der Waals surface area contributed by atoms with Crippen LogP contribution in [0, 0.1) is 24.3 Å². The Balaban J connectivity index is 1.86. The van der Waals surface area contributed by atoms with Gasteiger partial charge in [-0.15, -0.1) is 0 Å². The monoisotopic (exact) mass is 349 g/mol. The average Bonchev–Trinajstić information content (AvgIpc) is 3.04. The molecule has 3 nitrogen and oxygen atoms in total. The molecule has 25 heavy (non-hydrogen) atoms. The van der Waals surface area contributed by atoms with Crippen molar-refractivity contribution in [3.63, 3.8) is 0 Å². The number of aromatic amines is 1. The number of fused-ring (bicyclic) bond motifs is 1. The van der Waals surface area contributed by atoms with Gasteiger partial charge in [-0.2, -0.15) is 0 Å². The molecule has 0 spiro atoms. The lowest BCUT2D eigenvalue weighted by molar-refractivity contribution is 0.628. The third-order valence-electron chi connectivity index (χ3n) is 4.47. The van der Waals surface area contributed by atoms with Crippen molar-refractivity contribution in [1.29, 1.82) is 0 Å². The van der Waals surface area contributed by atoms with E-state index in [0.717, 1.165) is 22.4 Å². The van der Waals surface area contributed by atoms with E-state index in [2.05, 4.69) is 42.0 Å². The van der Waals surface area contributed by atoms with Crippen LogP contribution in [0.3, 0.4) is 0 Å². The molecule has 0 atom stereocenters. The highest BCUT2D eigenvalue weighted by molar-refractivity contribution is 7.71. The van der Waals surface area contributed by atoms with Crippen molar-refractivity contribution in [2.75, 3.05) is 0 Å². The Bertz CT molecular complexity index is 1140. The van der Waals surface area contributed by atoms with Gasteiger partial charge < -0.3 is 4.98 Å². The zero-order valence-corrected chi connectivity index (χ0v) is 14.7. The standard InChI is InChI=1S/C20H16FN3S/c1-12-3-4-15(9-13(12)2)17-10-22-20-23-18(11-24(20)19(17)25)14-5-7-16(21)8-6-14/h3-11H,1-2H3,(H,22,23). The zero-order chi connectivity index (χ0) is 17.6. The topological polar surface area (TPSA) is 33.1 Å². The van der Waals surface area contributed by atoms with Gasteiger partial charge in [0.1, 0.15) is 10.5 Å². The smallest absolute Gasteiger partial charge is 0.212 e. The van der Waals surface area contributed by atoms with Crippen molar-refractivity contribution in [2.24, 2.45) is 0 Å². The van der Waals surface area contributed by atoms with Crippen LogP contribution < -0.4 is 0 Å². The number of halogens is 1. The number of nitrogens with one attached hydrogen (secondary N) is 1. The molecule has 4 aromatic rings. The first kappa shape index (κ1) is 15.7. The Hall–Kier alpha value is -2.79. The number of imidazole rings is 1. The fraction of sp³-hybridized carbons (Fsp3) is 0.100. The third-order valence-corrected chi connectivity index (χ3v) is 4.89. The number of aryl methyl sites for hydroxylation is 2. The fourth-order valence-electron chi connectivity index (χ4n) is 2.85. The van der Waals surface area contributed by atoms with Crippen molar-refractivity contribution < 1.29 is 4.39 Å².